The molecule has 2 aromatic carbocycles. The van der Waals surface area contributed by atoms with Crippen molar-refractivity contribution in [1.29, 1.82) is 0 Å². The van der Waals surface area contributed by atoms with Crippen LogP contribution < -0.4 is 20.9 Å². The van der Waals surface area contributed by atoms with Gasteiger partial charge in [-0.15, -0.1) is 0 Å². The van der Waals surface area contributed by atoms with Crippen molar-refractivity contribution in [3.8, 4) is 0 Å². The van der Waals surface area contributed by atoms with E-state index in [1.807, 2.05) is 26.0 Å². The molecule has 4 heterocycles. The third kappa shape index (κ3) is 6.16. The second kappa shape index (κ2) is 12.1. The molecule has 0 saturated carbocycles. The number of sulfonamides is 1. The lowest BCUT2D eigenvalue weighted by Crippen LogP contribution is -2.45. The highest BCUT2D eigenvalue weighted by Gasteiger charge is 2.41. The molecule has 3 aliphatic rings. The van der Waals surface area contributed by atoms with Gasteiger partial charge in [0.1, 0.15) is 11.6 Å². The van der Waals surface area contributed by atoms with Gasteiger partial charge >= 0.3 is 0 Å². The molecule has 3 aliphatic heterocycles. The number of amides is 1. The SMILES string of the molecule is CC1(C)CN(S(=O)(=O)c2cc(F)cc(F)c2)Cc2c(NC(=O)c3ccc(N4CCNCC4)cc3NC3CCOCC3)n[nH]c21. The van der Waals surface area contributed by atoms with Crippen molar-refractivity contribution in [2.45, 2.75) is 49.6 Å². The topological polar surface area (TPSA) is 132 Å². The first kappa shape index (κ1) is 30.4. The average Bonchev–Trinajstić information content (AvgIpc) is 3.41. The monoisotopic (exact) mass is 629 g/mol. The van der Waals surface area contributed by atoms with Crippen LogP contribution in [0, 0.1) is 11.6 Å². The van der Waals surface area contributed by atoms with Crippen LogP contribution in [0.2, 0.25) is 0 Å². The zero-order chi connectivity index (χ0) is 31.1. The molecule has 236 valence electrons. The molecule has 0 unspecified atom stereocenters. The first-order chi connectivity index (χ1) is 21.0. The highest BCUT2D eigenvalue weighted by molar-refractivity contribution is 7.89. The molecular formula is C30H37F2N7O4S. The smallest absolute Gasteiger partial charge is 0.258 e. The van der Waals surface area contributed by atoms with Gasteiger partial charge in [0.05, 0.1) is 10.5 Å². The number of benzene rings is 2. The molecule has 0 radical (unpaired) electrons. The van der Waals surface area contributed by atoms with Gasteiger partial charge in [0, 0.05) is 92.6 Å². The van der Waals surface area contributed by atoms with Crippen molar-refractivity contribution in [1.82, 2.24) is 19.8 Å². The van der Waals surface area contributed by atoms with Crippen molar-refractivity contribution in [3.05, 3.63) is 64.9 Å². The number of anilines is 3. The fraction of sp³-hybridized carbons (Fsp3) is 0.467. The first-order valence-corrected chi connectivity index (χ1v) is 16.2. The fourth-order valence-electron chi connectivity index (χ4n) is 6.14. The minimum atomic E-state index is -4.27. The van der Waals surface area contributed by atoms with Crippen LogP contribution in [-0.4, -0.2) is 80.8 Å². The zero-order valence-corrected chi connectivity index (χ0v) is 25.6. The molecule has 0 bridgehead atoms. The van der Waals surface area contributed by atoms with Crippen molar-refractivity contribution in [2.75, 3.05) is 61.5 Å². The quantitative estimate of drug-likeness (QED) is 0.313. The first-order valence-electron chi connectivity index (χ1n) is 14.8. The molecule has 2 fully saturated rings. The van der Waals surface area contributed by atoms with Gasteiger partial charge in [-0.3, -0.25) is 9.89 Å². The highest BCUT2D eigenvalue weighted by atomic mass is 32.2. The average molecular weight is 630 g/mol. The number of halogens is 2. The van der Waals surface area contributed by atoms with Gasteiger partial charge in [-0.25, -0.2) is 17.2 Å². The number of ether oxygens (including phenoxy) is 1. The summed E-state index contributed by atoms with van der Waals surface area (Å²) in [6, 6.07) is 8.12. The molecule has 1 amide bonds. The Balaban J connectivity index is 1.29. The lowest BCUT2D eigenvalue weighted by Gasteiger charge is -2.36. The summed E-state index contributed by atoms with van der Waals surface area (Å²) in [4.78, 5) is 15.6. The van der Waals surface area contributed by atoms with Crippen LogP contribution in [0.3, 0.4) is 0 Å². The minimum Gasteiger partial charge on any atom is -0.381 e. The Morgan fingerprint density at radius 2 is 1.77 bits per heavy atom. The molecule has 14 heteroatoms. The van der Waals surface area contributed by atoms with E-state index in [1.165, 1.54) is 0 Å². The van der Waals surface area contributed by atoms with E-state index in [9.17, 15) is 22.0 Å². The molecule has 44 heavy (non-hydrogen) atoms. The Hall–Kier alpha value is -3.59. The number of hydrogen-bond acceptors (Lipinski definition) is 8. The molecule has 0 aliphatic carbocycles. The lowest BCUT2D eigenvalue weighted by molar-refractivity contribution is 0.0904. The number of fused-ring (bicyclic) bond motifs is 1. The largest absolute Gasteiger partial charge is 0.381 e. The predicted octanol–water partition coefficient (Wildman–Crippen LogP) is 3.42. The normalized spacial score (nSPS) is 19.4. The number of piperazine rings is 1. The maximum absolute atomic E-state index is 13.9. The second-order valence-corrected chi connectivity index (χ2v) is 14.1. The lowest BCUT2D eigenvalue weighted by atomic mass is 9.84. The van der Waals surface area contributed by atoms with Gasteiger partial charge in [-0.2, -0.15) is 9.40 Å². The van der Waals surface area contributed by atoms with Crippen LogP contribution in [0.4, 0.5) is 26.0 Å². The van der Waals surface area contributed by atoms with Gasteiger partial charge in [-0.05, 0) is 43.2 Å². The summed E-state index contributed by atoms with van der Waals surface area (Å²) in [5.74, 6) is -2.16. The third-order valence-corrected chi connectivity index (χ3v) is 10.2. The van der Waals surface area contributed by atoms with E-state index < -0.39 is 37.9 Å². The van der Waals surface area contributed by atoms with Gasteiger partial charge < -0.3 is 25.6 Å². The summed E-state index contributed by atoms with van der Waals surface area (Å²) in [6.07, 6.45) is 1.64. The number of aromatic nitrogens is 2. The summed E-state index contributed by atoms with van der Waals surface area (Å²) in [5, 5.41) is 17.2. The van der Waals surface area contributed by atoms with E-state index in [0.29, 0.717) is 41.8 Å². The molecule has 0 atom stereocenters. The van der Waals surface area contributed by atoms with Crippen LogP contribution in [0.15, 0.2) is 41.3 Å². The van der Waals surface area contributed by atoms with Crippen molar-refractivity contribution in [3.63, 3.8) is 0 Å². The highest BCUT2D eigenvalue weighted by Crippen LogP contribution is 2.38. The number of rotatable bonds is 7. The maximum Gasteiger partial charge on any atom is 0.258 e. The predicted molar refractivity (Wildman–Crippen MR) is 163 cm³/mol. The van der Waals surface area contributed by atoms with E-state index in [1.54, 1.807) is 6.07 Å². The molecule has 6 rings (SSSR count). The Morgan fingerprint density at radius 3 is 2.48 bits per heavy atom. The van der Waals surface area contributed by atoms with Crippen LogP contribution >= 0.6 is 0 Å². The number of hydrogen-bond donors (Lipinski definition) is 4. The van der Waals surface area contributed by atoms with Gasteiger partial charge in [0.15, 0.2) is 5.82 Å². The molecule has 11 nitrogen and oxygen atoms in total. The molecule has 0 spiro atoms. The molecular weight excluding hydrogens is 592 g/mol. The van der Waals surface area contributed by atoms with Gasteiger partial charge in [0.25, 0.3) is 5.91 Å². The summed E-state index contributed by atoms with van der Waals surface area (Å²) < 4.78 is 61.6. The minimum absolute atomic E-state index is 0.0443. The molecule has 1 aromatic heterocycles. The number of aromatic amines is 1. The Bertz CT molecular complexity index is 1630. The van der Waals surface area contributed by atoms with Crippen LogP contribution in [-0.2, 0) is 26.7 Å². The molecule has 2 saturated heterocycles. The number of nitrogens with zero attached hydrogens (tertiary/aromatic N) is 3. The van der Waals surface area contributed by atoms with Crippen molar-refractivity contribution >= 4 is 33.1 Å². The summed E-state index contributed by atoms with van der Waals surface area (Å²) in [5.41, 5.74) is 2.59. The van der Waals surface area contributed by atoms with Gasteiger partial charge in [0.2, 0.25) is 10.0 Å². The van der Waals surface area contributed by atoms with Crippen molar-refractivity contribution in [2.24, 2.45) is 0 Å². The number of H-pyrrole nitrogens is 1. The Morgan fingerprint density at radius 1 is 1.07 bits per heavy atom. The van der Waals surface area contributed by atoms with Crippen molar-refractivity contribution < 1.29 is 26.7 Å². The summed E-state index contributed by atoms with van der Waals surface area (Å²) >= 11 is 0. The number of carbonyl (C=O) groups excluding carboxylic acids is 1. The molecule has 3 aromatic rings. The van der Waals surface area contributed by atoms with E-state index in [2.05, 4.69) is 31.0 Å². The number of nitrogens with one attached hydrogen (secondary N) is 4. The third-order valence-electron chi connectivity index (χ3n) is 8.47. The van der Waals surface area contributed by atoms with Crippen LogP contribution in [0.25, 0.3) is 0 Å². The summed E-state index contributed by atoms with van der Waals surface area (Å²) in [7, 11) is -4.27. The van der Waals surface area contributed by atoms with Gasteiger partial charge in [-0.1, -0.05) is 13.8 Å². The Kier molecular flexibility index (Phi) is 8.35. The standard InChI is InChI=1S/C30H37F2N7O4S/c1-30(2)18-39(44(41,42)23-14-19(31)13-20(32)15-23)17-25-27(30)36-37-28(25)35-29(40)24-4-3-22(38-9-7-33-8-10-38)16-26(24)34-21-5-11-43-12-6-21/h3-4,13-16,21,33-34H,5-12,17-18H2,1-2H3,(H2,35,36,37,40). The van der Waals surface area contributed by atoms with E-state index in [4.69, 9.17) is 4.74 Å². The van der Waals surface area contributed by atoms with E-state index in [0.717, 1.165) is 61.1 Å². The second-order valence-electron chi connectivity index (χ2n) is 12.1. The number of carbonyl (C=O) groups is 1. The zero-order valence-electron chi connectivity index (χ0n) is 24.8. The Labute approximate surface area is 255 Å². The molecule has 4 N–H and O–H groups in total. The maximum atomic E-state index is 13.9. The van der Waals surface area contributed by atoms with E-state index >= 15 is 0 Å². The van der Waals surface area contributed by atoms with Crippen LogP contribution in [0.5, 0.6) is 0 Å². The fourth-order valence-corrected chi connectivity index (χ4v) is 7.75. The summed E-state index contributed by atoms with van der Waals surface area (Å²) in [6.45, 7) is 8.36. The van der Waals surface area contributed by atoms with E-state index in [-0.39, 0.29) is 24.9 Å². The van der Waals surface area contributed by atoms with Crippen LogP contribution in [0.1, 0.15) is 48.3 Å².